The lowest BCUT2D eigenvalue weighted by molar-refractivity contribution is 0.759. The summed E-state index contributed by atoms with van der Waals surface area (Å²) in [6.07, 6.45) is 2.65. The number of nitrogens with one attached hydrogen (secondary N) is 1. The Morgan fingerprint density at radius 3 is 2.94 bits per heavy atom. The summed E-state index contributed by atoms with van der Waals surface area (Å²) in [5.41, 5.74) is 3.51. The number of benzene rings is 1. The summed E-state index contributed by atoms with van der Waals surface area (Å²) in [5, 5.41) is 3.38. The van der Waals surface area contributed by atoms with Gasteiger partial charge in [0.15, 0.2) is 0 Å². The Kier molecular flexibility index (Phi) is 2.92. The first-order chi connectivity index (χ1) is 8.74. The summed E-state index contributed by atoms with van der Waals surface area (Å²) in [6.45, 7) is 1.95. The number of alkyl halides is 1. The molecule has 2 aromatic rings. The highest BCUT2D eigenvalue weighted by Crippen LogP contribution is 2.36. The normalized spacial score (nSPS) is 21.7. The molecule has 2 unspecified atom stereocenters. The lowest BCUT2D eigenvalue weighted by Gasteiger charge is -2.17. The number of rotatable bonds is 2. The maximum atomic E-state index is 6.42. The molecule has 1 aliphatic rings. The molecule has 0 bridgehead atoms. The van der Waals surface area contributed by atoms with Crippen molar-refractivity contribution >= 4 is 17.5 Å². The van der Waals surface area contributed by atoms with E-state index < -0.39 is 0 Å². The van der Waals surface area contributed by atoms with E-state index in [2.05, 4.69) is 27.4 Å². The van der Waals surface area contributed by atoms with Crippen molar-refractivity contribution in [2.75, 3.05) is 5.32 Å². The number of anilines is 1. The van der Waals surface area contributed by atoms with Gasteiger partial charge in [0.05, 0.1) is 11.4 Å². The van der Waals surface area contributed by atoms with Gasteiger partial charge in [-0.05, 0) is 30.5 Å². The molecule has 2 atom stereocenters. The molecule has 0 aliphatic heterocycles. The molecule has 4 heteroatoms. The van der Waals surface area contributed by atoms with Crippen molar-refractivity contribution in [2.24, 2.45) is 0 Å². The Labute approximate surface area is 111 Å². The fraction of sp³-hybridized carbons (Fsp3) is 0.286. The minimum Gasteiger partial charge on any atom is -0.346 e. The summed E-state index contributed by atoms with van der Waals surface area (Å²) in [7, 11) is 0. The van der Waals surface area contributed by atoms with Crippen LogP contribution in [-0.4, -0.2) is 15.3 Å². The molecule has 1 aliphatic carbocycles. The summed E-state index contributed by atoms with van der Waals surface area (Å²) >= 11 is 6.42. The van der Waals surface area contributed by atoms with Crippen LogP contribution in [0.5, 0.6) is 0 Å². The molecular weight excluding hydrogens is 246 g/mol. The zero-order valence-corrected chi connectivity index (χ0v) is 10.9. The minimum atomic E-state index is 0.0477. The van der Waals surface area contributed by atoms with Crippen molar-refractivity contribution in [1.29, 1.82) is 0 Å². The van der Waals surface area contributed by atoms with Crippen molar-refractivity contribution in [3.8, 4) is 0 Å². The Morgan fingerprint density at radius 2 is 2.11 bits per heavy atom. The zero-order chi connectivity index (χ0) is 12.5. The van der Waals surface area contributed by atoms with Gasteiger partial charge in [-0.1, -0.05) is 24.3 Å². The molecule has 1 aromatic heterocycles. The second-order valence-electron chi connectivity index (χ2n) is 4.56. The Balaban J connectivity index is 1.89. The van der Waals surface area contributed by atoms with E-state index >= 15 is 0 Å². The summed E-state index contributed by atoms with van der Waals surface area (Å²) in [6, 6.07) is 10.3. The van der Waals surface area contributed by atoms with Crippen LogP contribution in [0.15, 0.2) is 36.5 Å². The van der Waals surface area contributed by atoms with Crippen LogP contribution in [-0.2, 0) is 6.42 Å². The van der Waals surface area contributed by atoms with Gasteiger partial charge < -0.3 is 5.32 Å². The molecule has 0 saturated heterocycles. The standard InChI is InChI=1S/C14H14ClN3/c1-9-6-7-16-14(17-9)18-13-11-5-3-2-4-10(11)8-12(13)15/h2-7,12-13H,8H2,1H3,(H,16,17,18). The molecule has 3 nitrogen and oxygen atoms in total. The van der Waals surface area contributed by atoms with Crippen molar-refractivity contribution < 1.29 is 0 Å². The van der Waals surface area contributed by atoms with Gasteiger partial charge in [-0.3, -0.25) is 0 Å². The summed E-state index contributed by atoms with van der Waals surface area (Å²) in [4.78, 5) is 8.59. The van der Waals surface area contributed by atoms with Crippen LogP contribution >= 0.6 is 11.6 Å². The van der Waals surface area contributed by atoms with Gasteiger partial charge in [-0.15, -0.1) is 11.6 Å². The number of nitrogens with zero attached hydrogens (tertiary/aromatic N) is 2. The van der Waals surface area contributed by atoms with E-state index in [1.807, 2.05) is 25.1 Å². The van der Waals surface area contributed by atoms with Crippen molar-refractivity contribution in [1.82, 2.24) is 9.97 Å². The number of aromatic nitrogens is 2. The number of fused-ring (bicyclic) bond motifs is 1. The lowest BCUT2D eigenvalue weighted by atomic mass is 10.1. The third-order valence-corrected chi connectivity index (χ3v) is 3.65. The van der Waals surface area contributed by atoms with E-state index in [4.69, 9.17) is 11.6 Å². The number of aryl methyl sites for hydroxylation is 1. The minimum absolute atomic E-state index is 0.0477. The van der Waals surface area contributed by atoms with Gasteiger partial charge in [0.25, 0.3) is 0 Å². The zero-order valence-electron chi connectivity index (χ0n) is 10.1. The van der Waals surface area contributed by atoms with Crippen LogP contribution in [0.3, 0.4) is 0 Å². The maximum absolute atomic E-state index is 6.42. The van der Waals surface area contributed by atoms with E-state index in [9.17, 15) is 0 Å². The highest BCUT2D eigenvalue weighted by molar-refractivity contribution is 6.21. The van der Waals surface area contributed by atoms with Crippen molar-refractivity contribution in [3.05, 3.63) is 53.3 Å². The molecule has 1 heterocycles. The van der Waals surface area contributed by atoms with Crippen LogP contribution in [0, 0.1) is 6.92 Å². The number of halogens is 1. The van der Waals surface area contributed by atoms with Gasteiger partial charge in [0, 0.05) is 11.9 Å². The molecule has 0 saturated carbocycles. The Bertz CT molecular complexity index is 570. The molecule has 0 spiro atoms. The Morgan fingerprint density at radius 1 is 1.28 bits per heavy atom. The maximum Gasteiger partial charge on any atom is 0.223 e. The van der Waals surface area contributed by atoms with Gasteiger partial charge in [0.2, 0.25) is 5.95 Å². The van der Waals surface area contributed by atoms with Crippen LogP contribution in [0.1, 0.15) is 22.9 Å². The molecular formula is C14H14ClN3. The topological polar surface area (TPSA) is 37.8 Å². The first-order valence-corrected chi connectivity index (χ1v) is 6.46. The van der Waals surface area contributed by atoms with E-state index in [0.29, 0.717) is 5.95 Å². The van der Waals surface area contributed by atoms with Crippen LogP contribution in [0.4, 0.5) is 5.95 Å². The Hall–Kier alpha value is -1.61. The van der Waals surface area contributed by atoms with Gasteiger partial charge >= 0.3 is 0 Å². The number of hydrogen-bond donors (Lipinski definition) is 1. The smallest absolute Gasteiger partial charge is 0.223 e. The quantitative estimate of drug-likeness (QED) is 0.843. The SMILES string of the molecule is Cc1ccnc(NC2c3ccccc3CC2Cl)n1. The van der Waals surface area contributed by atoms with Crippen molar-refractivity contribution in [3.63, 3.8) is 0 Å². The van der Waals surface area contributed by atoms with Gasteiger partial charge in [-0.25, -0.2) is 9.97 Å². The molecule has 1 N–H and O–H groups in total. The van der Waals surface area contributed by atoms with Gasteiger partial charge in [0.1, 0.15) is 0 Å². The lowest BCUT2D eigenvalue weighted by Crippen LogP contribution is -2.18. The van der Waals surface area contributed by atoms with E-state index in [-0.39, 0.29) is 11.4 Å². The third kappa shape index (κ3) is 2.06. The summed E-state index contributed by atoms with van der Waals surface area (Å²) < 4.78 is 0. The average Bonchev–Trinajstić information content (AvgIpc) is 2.66. The molecule has 0 amide bonds. The highest BCUT2D eigenvalue weighted by atomic mass is 35.5. The van der Waals surface area contributed by atoms with Crippen LogP contribution < -0.4 is 5.32 Å². The predicted octanol–water partition coefficient (Wildman–Crippen LogP) is 3.10. The summed E-state index contributed by atoms with van der Waals surface area (Å²) in [5.74, 6) is 0.641. The largest absolute Gasteiger partial charge is 0.346 e. The van der Waals surface area contributed by atoms with E-state index in [1.54, 1.807) is 6.20 Å². The fourth-order valence-electron chi connectivity index (χ4n) is 2.37. The first kappa shape index (κ1) is 11.5. The number of hydrogen-bond acceptors (Lipinski definition) is 3. The molecule has 92 valence electrons. The molecule has 0 radical (unpaired) electrons. The fourth-order valence-corrected chi connectivity index (χ4v) is 2.74. The van der Waals surface area contributed by atoms with Crippen molar-refractivity contribution in [2.45, 2.75) is 24.8 Å². The molecule has 1 aromatic carbocycles. The van der Waals surface area contributed by atoms with E-state index in [1.165, 1.54) is 11.1 Å². The monoisotopic (exact) mass is 259 g/mol. The predicted molar refractivity (Wildman–Crippen MR) is 72.9 cm³/mol. The van der Waals surface area contributed by atoms with Crippen LogP contribution in [0.25, 0.3) is 0 Å². The van der Waals surface area contributed by atoms with E-state index in [0.717, 1.165) is 12.1 Å². The second kappa shape index (κ2) is 4.58. The van der Waals surface area contributed by atoms with Crippen LogP contribution in [0.2, 0.25) is 0 Å². The average molecular weight is 260 g/mol. The third-order valence-electron chi connectivity index (χ3n) is 3.25. The second-order valence-corrected chi connectivity index (χ2v) is 5.12. The molecule has 0 fully saturated rings. The molecule has 18 heavy (non-hydrogen) atoms. The van der Waals surface area contributed by atoms with Gasteiger partial charge in [-0.2, -0.15) is 0 Å². The highest BCUT2D eigenvalue weighted by Gasteiger charge is 2.31. The first-order valence-electron chi connectivity index (χ1n) is 6.02. The molecule has 3 rings (SSSR count).